The molecule has 0 aromatic heterocycles. The van der Waals surface area contributed by atoms with Crippen LogP contribution in [-0.2, 0) is 14.6 Å². The molecule has 0 fully saturated rings. The van der Waals surface area contributed by atoms with Crippen molar-refractivity contribution in [1.29, 1.82) is 0 Å². The Kier molecular flexibility index (Phi) is 6.13. The van der Waals surface area contributed by atoms with Gasteiger partial charge in [0.1, 0.15) is 16.4 Å². The molecule has 0 unspecified atom stereocenters. The SMILES string of the molecule is CS(=O)(=O)c1cccc(NCC(=O)Nc2ccc(Oc3ccccc3)cc2)c1F. The zero-order chi connectivity index (χ0) is 20.9. The van der Waals surface area contributed by atoms with Crippen LogP contribution in [0.25, 0.3) is 0 Å². The van der Waals surface area contributed by atoms with E-state index in [1.807, 2.05) is 30.3 Å². The minimum absolute atomic E-state index is 0.0605. The van der Waals surface area contributed by atoms with Crippen LogP contribution in [-0.4, -0.2) is 27.1 Å². The van der Waals surface area contributed by atoms with Gasteiger partial charge in [0.2, 0.25) is 5.91 Å². The summed E-state index contributed by atoms with van der Waals surface area (Å²) in [5.41, 5.74) is 0.484. The molecule has 0 bridgehead atoms. The Morgan fingerprint density at radius 3 is 2.24 bits per heavy atom. The molecule has 150 valence electrons. The second-order valence-corrected chi connectivity index (χ2v) is 8.22. The fraction of sp³-hybridized carbons (Fsp3) is 0.0952. The highest BCUT2D eigenvalue weighted by Gasteiger charge is 2.16. The summed E-state index contributed by atoms with van der Waals surface area (Å²) >= 11 is 0. The van der Waals surface area contributed by atoms with Crippen LogP contribution in [0.2, 0.25) is 0 Å². The van der Waals surface area contributed by atoms with Gasteiger partial charge >= 0.3 is 0 Å². The van der Waals surface area contributed by atoms with E-state index in [1.165, 1.54) is 18.2 Å². The van der Waals surface area contributed by atoms with Crippen LogP contribution >= 0.6 is 0 Å². The van der Waals surface area contributed by atoms with Gasteiger partial charge in [-0.05, 0) is 48.5 Å². The largest absolute Gasteiger partial charge is 0.457 e. The number of nitrogens with one attached hydrogen (secondary N) is 2. The Bertz CT molecular complexity index is 1100. The monoisotopic (exact) mass is 414 g/mol. The van der Waals surface area contributed by atoms with E-state index < -0.39 is 26.5 Å². The average molecular weight is 414 g/mol. The maximum absolute atomic E-state index is 14.3. The lowest BCUT2D eigenvalue weighted by Crippen LogP contribution is -2.22. The van der Waals surface area contributed by atoms with Gasteiger partial charge in [-0.1, -0.05) is 24.3 Å². The minimum atomic E-state index is -3.70. The summed E-state index contributed by atoms with van der Waals surface area (Å²) in [7, 11) is -3.70. The second-order valence-electron chi connectivity index (χ2n) is 6.23. The molecular formula is C21H19FN2O4S. The third-order valence-electron chi connectivity index (χ3n) is 3.92. The fourth-order valence-electron chi connectivity index (χ4n) is 2.55. The highest BCUT2D eigenvalue weighted by molar-refractivity contribution is 7.90. The fourth-order valence-corrected chi connectivity index (χ4v) is 3.31. The molecule has 0 aliphatic heterocycles. The molecule has 0 spiro atoms. The van der Waals surface area contributed by atoms with E-state index in [2.05, 4.69) is 10.6 Å². The molecule has 3 rings (SSSR count). The molecule has 0 atom stereocenters. The summed E-state index contributed by atoms with van der Waals surface area (Å²) in [4.78, 5) is 11.7. The number of sulfone groups is 1. The molecule has 3 aromatic rings. The number of carbonyl (C=O) groups is 1. The number of halogens is 1. The minimum Gasteiger partial charge on any atom is -0.457 e. The molecule has 0 saturated heterocycles. The Morgan fingerprint density at radius 1 is 0.931 bits per heavy atom. The van der Waals surface area contributed by atoms with Crippen LogP contribution in [0, 0.1) is 5.82 Å². The van der Waals surface area contributed by atoms with Crippen LogP contribution in [0.15, 0.2) is 77.7 Å². The lowest BCUT2D eigenvalue weighted by molar-refractivity contribution is -0.114. The molecular weight excluding hydrogens is 395 g/mol. The van der Waals surface area contributed by atoms with E-state index in [-0.39, 0.29) is 12.2 Å². The number of carbonyl (C=O) groups excluding carboxylic acids is 1. The van der Waals surface area contributed by atoms with Gasteiger partial charge in [-0.2, -0.15) is 0 Å². The molecule has 0 heterocycles. The van der Waals surface area contributed by atoms with Gasteiger partial charge in [0.25, 0.3) is 0 Å². The Hall–Kier alpha value is -3.39. The molecule has 0 radical (unpaired) electrons. The number of rotatable bonds is 7. The number of hydrogen-bond donors (Lipinski definition) is 2. The van der Waals surface area contributed by atoms with Crippen LogP contribution in [0.5, 0.6) is 11.5 Å². The van der Waals surface area contributed by atoms with E-state index in [9.17, 15) is 17.6 Å². The number of benzene rings is 3. The third kappa shape index (κ3) is 5.55. The van der Waals surface area contributed by atoms with Crippen molar-refractivity contribution in [2.75, 3.05) is 23.4 Å². The molecule has 3 aromatic carbocycles. The molecule has 8 heteroatoms. The van der Waals surface area contributed by atoms with Gasteiger partial charge in [0.05, 0.1) is 12.2 Å². The highest BCUT2D eigenvalue weighted by Crippen LogP contribution is 2.23. The van der Waals surface area contributed by atoms with Crippen molar-refractivity contribution >= 4 is 27.1 Å². The summed E-state index contributed by atoms with van der Waals surface area (Å²) in [6, 6.07) is 20.0. The third-order valence-corrected chi connectivity index (χ3v) is 5.03. The maximum Gasteiger partial charge on any atom is 0.243 e. The Morgan fingerprint density at radius 2 is 1.59 bits per heavy atom. The van der Waals surface area contributed by atoms with Crippen molar-refractivity contribution in [3.63, 3.8) is 0 Å². The first-order valence-corrected chi connectivity index (χ1v) is 10.6. The lowest BCUT2D eigenvalue weighted by atomic mass is 10.3. The topological polar surface area (TPSA) is 84.5 Å². The number of ether oxygens (including phenoxy) is 1. The van der Waals surface area contributed by atoms with E-state index >= 15 is 0 Å². The van der Waals surface area contributed by atoms with Crippen molar-refractivity contribution in [3.8, 4) is 11.5 Å². The van der Waals surface area contributed by atoms with Crippen molar-refractivity contribution < 1.29 is 22.3 Å². The summed E-state index contributed by atoms with van der Waals surface area (Å²) in [6.07, 6.45) is 0.924. The molecule has 0 saturated carbocycles. The van der Waals surface area contributed by atoms with E-state index in [0.717, 1.165) is 6.26 Å². The molecule has 2 N–H and O–H groups in total. The maximum atomic E-state index is 14.3. The summed E-state index contributed by atoms with van der Waals surface area (Å²) in [5.74, 6) is -0.00470. The molecule has 1 amide bonds. The highest BCUT2D eigenvalue weighted by atomic mass is 32.2. The van der Waals surface area contributed by atoms with Crippen molar-refractivity contribution in [2.24, 2.45) is 0 Å². The quantitative estimate of drug-likeness (QED) is 0.609. The number of para-hydroxylation sites is 1. The smallest absolute Gasteiger partial charge is 0.243 e. The average Bonchev–Trinajstić information content (AvgIpc) is 2.68. The van der Waals surface area contributed by atoms with E-state index in [4.69, 9.17) is 4.74 Å². The molecule has 0 aliphatic rings. The van der Waals surface area contributed by atoms with Gasteiger partial charge in [0, 0.05) is 11.9 Å². The van der Waals surface area contributed by atoms with Crippen molar-refractivity contribution in [3.05, 3.63) is 78.6 Å². The van der Waals surface area contributed by atoms with Gasteiger partial charge in [-0.3, -0.25) is 4.79 Å². The van der Waals surface area contributed by atoms with Crippen LogP contribution in [0.3, 0.4) is 0 Å². The van der Waals surface area contributed by atoms with Gasteiger partial charge in [0.15, 0.2) is 15.7 Å². The predicted molar refractivity (Wildman–Crippen MR) is 110 cm³/mol. The van der Waals surface area contributed by atoms with E-state index in [1.54, 1.807) is 24.3 Å². The van der Waals surface area contributed by atoms with Gasteiger partial charge in [-0.15, -0.1) is 0 Å². The first-order chi connectivity index (χ1) is 13.8. The van der Waals surface area contributed by atoms with Crippen LogP contribution in [0.4, 0.5) is 15.8 Å². The normalized spacial score (nSPS) is 11.0. The van der Waals surface area contributed by atoms with Crippen LogP contribution in [0.1, 0.15) is 0 Å². The lowest BCUT2D eigenvalue weighted by Gasteiger charge is -2.11. The Balaban J connectivity index is 1.57. The molecule has 29 heavy (non-hydrogen) atoms. The number of hydrogen-bond acceptors (Lipinski definition) is 5. The number of anilines is 2. The second kappa shape index (κ2) is 8.74. The first kappa shape index (κ1) is 20.3. The summed E-state index contributed by atoms with van der Waals surface area (Å²) in [5, 5.41) is 5.28. The van der Waals surface area contributed by atoms with Crippen LogP contribution < -0.4 is 15.4 Å². The molecule has 6 nitrogen and oxygen atoms in total. The Labute approximate surface area is 168 Å². The zero-order valence-electron chi connectivity index (χ0n) is 15.6. The zero-order valence-corrected chi connectivity index (χ0v) is 16.4. The summed E-state index contributed by atoms with van der Waals surface area (Å²) < 4.78 is 43.1. The number of amides is 1. The van der Waals surface area contributed by atoms with Crippen molar-refractivity contribution in [2.45, 2.75) is 4.90 Å². The van der Waals surface area contributed by atoms with Crippen molar-refractivity contribution in [1.82, 2.24) is 0 Å². The molecule has 0 aliphatic carbocycles. The van der Waals surface area contributed by atoms with E-state index in [0.29, 0.717) is 17.2 Å². The van der Waals surface area contributed by atoms with Gasteiger partial charge < -0.3 is 15.4 Å². The standard InChI is InChI=1S/C21H19FN2O4S/c1-29(26,27)19-9-5-8-18(21(19)22)23-14-20(25)24-15-10-12-17(13-11-15)28-16-6-3-2-4-7-16/h2-13,23H,14H2,1H3,(H,24,25). The summed E-state index contributed by atoms with van der Waals surface area (Å²) in [6.45, 7) is -0.230. The predicted octanol–water partition coefficient (Wildman–Crippen LogP) is 4.07. The first-order valence-electron chi connectivity index (χ1n) is 8.68. The van der Waals surface area contributed by atoms with Gasteiger partial charge in [-0.25, -0.2) is 12.8 Å².